The highest BCUT2D eigenvalue weighted by Gasteiger charge is 2.21. The lowest BCUT2D eigenvalue weighted by molar-refractivity contribution is -0.120. The second-order valence-corrected chi connectivity index (χ2v) is 8.73. The molecule has 0 radical (unpaired) electrons. The molecule has 0 saturated carbocycles. The molecular formula is C24H34N4O4. The largest absolute Gasteiger partial charge is 0.443 e. The van der Waals surface area contributed by atoms with E-state index in [2.05, 4.69) is 16.3 Å². The van der Waals surface area contributed by atoms with E-state index in [-0.39, 0.29) is 18.9 Å². The van der Waals surface area contributed by atoms with Gasteiger partial charge in [-0.05, 0) is 51.8 Å². The van der Waals surface area contributed by atoms with Crippen LogP contribution in [0, 0.1) is 11.3 Å². The molecule has 2 rings (SSSR count). The lowest BCUT2D eigenvalue weighted by Crippen LogP contribution is -2.32. The zero-order chi connectivity index (χ0) is 23.6. The first-order valence-electron chi connectivity index (χ1n) is 11.0. The molecule has 0 spiro atoms. The molecule has 8 nitrogen and oxygen atoms in total. The minimum atomic E-state index is -0.613. The maximum Gasteiger partial charge on any atom is 0.419 e. The predicted molar refractivity (Wildman–Crippen MR) is 123 cm³/mol. The van der Waals surface area contributed by atoms with E-state index in [0.29, 0.717) is 31.4 Å². The number of nitrogens with zero attached hydrogens (tertiary/aromatic N) is 3. The number of para-hydroxylation sites is 1. The van der Waals surface area contributed by atoms with Gasteiger partial charge >= 0.3 is 6.09 Å². The monoisotopic (exact) mass is 442 g/mol. The van der Waals surface area contributed by atoms with Crippen LogP contribution in [0.3, 0.4) is 0 Å². The van der Waals surface area contributed by atoms with E-state index >= 15 is 0 Å². The number of carbonyl (C=O) groups is 2. The highest BCUT2D eigenvalue weighted by atomic mass is 16.6. The minimum Gasteiger partial charge on any atom is -0.443 e. The van der Waals surface area contributed by atoms with Gasteiger partial charge in [0.2, 0.25) is 5.91 Å². The van der Waals surface area contributed by atoms with Gasteiger partial charge < -0.3 is 20.1 Å². The maximum absolute atomic E-state index is 12.6. The fraction of sp³-hybridized carbons (Fsp3) is 0.542. The maximum atomic E-state index is 12.6. The summed E-state index contributed by atoms with van der Waals surface area (Å²) in [5.74, 6) is -0.115. The Morgan fingerprint density at radius 3 is 2.59 bits per heavy atom. The van der Waals surface area contributed by atoms with Crippen molar-refractivity contribution < 1.29 is 19.4 Å². The smallest absolute Gasteiger partial charge is 0.419 e. The fourth-order valence-corrected chi connectivity index (χ4v) is 3.46. The van der Waals surface area contributed by atoms with E-state index in [0.717, 1.165) is 30.5 Å². The molecular weight excluding hydrogens is 408 g/mol. The van der Waals surface area contributed by atoms with Crippen LogP contribution in [0.25, 0.3) is 10.9 Å². The number of hydrogen-bond acceptors (Lipinski definition) is 6. The third-order valence-corrected chi connectivity index (χ3v) is 4.88. The van der Waals surface area contributed by atoms with Crippen molar-refractivity contribution in [3.05, 3.63) is 36.0 Å². The van der Waals surface area contributed by atoms with Crippen LogP contribution in [0.4, 0.5) is 4.79 Å². The van der Waals surface area contributed by atoms with Crippen LogP contribution in [0.1, 0.15) is 45.6 Å². The molecule has 1 heterocycles. The quantitative estimate of drug-likeness (QED) is 0.518. The summed E-state index contributed by atoms with van der Waals surface area (Å²) in [6.07, 6.45) is 3.23. The van der Waals surface area contributed by atoms with Crippen molar-refractivity contribution in [1.82, 2.24) is 14.8 Å². The van der Waals surface area contributed by atoms with Gasteiger partial charge in [0.15, 0.2) is 0 Å². The first kappa shape index (κ1) is 25.4. The lowest BCUT2D eigenvalue weighted by atomic mass is 10.1. The SMILES string of the molecule is CC(C)(C)OC(=O)n1cc(CC(=O)NCCCN(CCC#N)CCCO)c2ccccc21. The number of ether oxygens (including phenoxy) is 1. The first-order chi connectivity index (χ1) is 15.2. The van der Waals surface area contributed by atoms with Crippen LogP contribution in [0.5, 0.6) is 0 Å². The van der Waals surface area contributed by atoms with Crippen molar-refractivity contribution in [3.63, 3.8) is 0 Å². The Balaban J connectivity index is 1.95. The Kier molecular flexibility index (Phi) is 9.69. The molecule has 2 N–H and O–H groups in total. The Morgan fingerprint density at radius 1 is 1.19 bits per heavy atom. The number of hydrogen-bond donors (Lipinski definition) is 2. The number of aromatic nitrogens is 1. The van der Waals surface area contributed by atoms with Gasteiger partial charge in [0, 0.05) is 44.2 Å². The molecule has 1 aromatic carbocycles. The number of amides is 1. The summed E-state index contributed by atoms with van der Waals surface area (Å²) in [6, 6.07) is 9.60. The number of aliphatic hydroxyl groups excluding tert-OH is 1. The first-order valence-corrected chi connectivity index (χ1v) is 11.0. The van der Waals surface area contributed by atoms with Gasteiger partial charge in [-0.1, -0.05) is 18.2 Å². The summed E-state index contributed by atoms with van der Waals surface area (Å²) >= 11 is 0. The van der Waals surface area contributed by atoms with Crippen LogP contribution in [-0.4, -0.2) is 65.0 Å². The van der Waals surface area contributed by atoms with E-state index in [4.69, 9.17) is 15.1 Å². The molecule has 0 saturated heterocycles. The third kappa shape index (κ3) is 7.98. The minimum absolute atomic E-state index is 0.115. The molecule has 0 aliphatic heterocycles. The molecule has 0 aliphatic rings. The second-order valence-electron chi connectivity index (χ2n) is 8.73. The highest BCUT2D eigenvalue weighted by molar-refractivity contribution is 5.94. The fourth-order valence-electron chi connectivity index (χ4n) is 3.46. The lowest BCUT2D eigenvalue weighted by Gasteiger charge is -2.20. The van der Waals surface area contributed by atoms with E-state index in [1.54, 1.807) is 6.20 Å². The number of fused-ring (bicyclic) bond motifs is 1. The van der Waals surface area contributed by atoms with E-state index < -0.39 is 11.7 Å². The number of rotatable bonds is 11. The molecule has 1 aromatic heterocycles. The van der Waals surface area contributed by atoms with Gasteiger partial charge in [0.05, 0.1) is 18.0 Å². The van der Waals surface area contributed by atoms with Crippen LogP contribution < -0.4 is 5.32 Å². The molecule has 0 atom stereocenters. The van der Waals surface area contributed by atoms with Gasteiger partial charge in [0.25, 0.3) is 0 Å². The van der Waals surface area contributed by atoms with Crippen molar-refractivity contribution in [2.24, 2.45) is 0 Å². The van der Waals surface area contributed by atoms with Crippen molar-refractivity contribution in [2.75, 3.05) is 32.8 Å². The van der Waals surface area contributed by atoms with E-state index in [9.17, 15) is 9.59 Å². The molecule has 174 valence electrons. The van der Waals surface area contributed by atoms with Crippen molar-refractivity contribution in [1.29, 1.82) is 5.26 Å². The number of aliphatic hydroxyl groups is 1. The van der Waals surface area contributed by atoms with Crippen LogP contribution >= 0.6 is 0 Å². The van der Waals surface area contributed by atoms with E-state index in [1.807, 2.05) is 45.0 Å². The zero-order valence-electron chi connectivity index (χ0n) is 19.3. The average Bonchev–Trinajstić information content (AvgIpc) is 3.10. The molecule has 0 aliphatic carbocycles. The molecule has 0 bridgehead atoms. The Morgan fingerprint density at radius 2 is 1.91 bits per heavy atom. The van der Waals surface area contributed by atoms with E-state index in [1.165, 1.54) is 4.57 Å². The molecule has 1 amide bonds. The number of nitrogens with one attached hydrogen (secondary N) is 1. The Bertz CT molecular complexity index is 940. The number of nitriles is 1. The molecule has 0 unspecified atom stereocenters. The number of benzene rings is 1. The average molecular weight is 443 g/mol. The highest BCUT2D eigenvalue weighted by Crippen LogP contribution is 2.23. The molecule has 8 heteroatoms. The Hall–Kier alpha value is -2.89. The topological polar surface area (TPSA) is 108 Å². The van der Waals surface area contributed by atoms with Crippen LogP contribution in [0.2, 0.25) is 0 Å². The zero-order valence-corrected chi connectivity index (χ0v) is 19.3. The summed E-state index contributed by atoms with van der Waals surface area (Å²) in [5.41, 5.74) is 0.863. The van der Waals surface area contributed by atoms with Crippen LogP contribution in [-0.2, 0) is 16.0 Å². The summed E-state index contributed by atoms with van der Waals surface area (Å²) < 4.78 is 6.95. The third-order valence-electron chi connectivity index (χ3n) is 4.88. The van der Waals surface area contributed by atoms with Gasteiger partial charge in [-0.25, -0.2) is 4.79 Å². The van der Waals surface area contributed by atoms with Crippen molar-refractivity contribution in [2.45, 2.75) is 52.1 Å². The summed E-state index contributed by atoms with van der Waals surface area (Å²) in [7, 11) is 0. The van der Waals surface area contributed by atoms with Gasteiger partial charge in [-0.15, -0.1) is 0 Å². The molecule has 2 aromatic rings. The van der Waals surface area contributed by atoms with Crippen molar-refractivity contribution >= 4 is 22.9 Å². The predicted octanol–water partition coefficient (Wildman–Crippen LogP) is 3.07. The standard InChI is InChI=1S/C24H34N4O4/c1-24(2,3)32-23(31)28-18-19(20-9-4-5-10-21(20)28)17-22(30)26-12-7-14-27(13-6-11-25)15-8-16-29/h4-5,9-10,18,29H,6-8,12-17H2,1-3H3,(H,26,30). The van der Waals surface area contributed by atoms with Crippen LogP contribution in [0.15, 0.2) is 30.5 Å². The second kappa shape index (κ2) is 12.2. The van der Waals surface area contributed by atoms with Gasteiger partial charge in [-0.2, -0.15) is 5.26 Å². The Labute approximate surface area is 189 Å². The molecule has 32 heavy (non-hydrogen) atoms. The normalized spacial score (nSPS) is 11.5. The van der Waals surface area contributed by atoms with Gasteiger partial charge in [-0.3, -0.25) is 9.36 Å². The number of carbonyl (C=O) groups excluding carboxylic acids is 2. The summed E-state index contributed by atoms with van der Waals surface area (Å²) in [5, 5.41) is 21.6. The molecule has 0 fully saturated rings. The van der Waals surface area contributed by atoms with Crippen molar-refractivity contribution in [3.8, 4) is 6.07 Å². The summed E-state index contributed by atoms with van der Waals surface area (Å²) in [4.78, 5) is 27.2. The van der Waals surface area contributed by atoms with Gasteiger partial charge in [0.1, 0.15) is 5.60 Å². The summed E-state index contributed by atoms with van der Waals surface area (Å²) in [6.45, 7) is 8.23.